The van der Waals surface area contributed by atoms with E-state index in [1.165, 1.54) is 25.3 Å². The van der Waals surface area contributed by atoms with E-state index >= 15 is 0 Å². The first-order valence-electron chi connectivity index (χ1n) is 7.92. The fraction of sp³-hybridized carbons (Fsp3) is 0.278. The Kier molecular flexibility index (Phi) is 6.80. The Morgan fingerprint density at radius 1 is 1.31 bits per heavy atom. The molecular weight excluding hydrogens is 358 g/mol. The van der Waals surface area contributed by atoms with Crippen LogP contribution < -0.4 is 4.74 Å². The number of hydrogen-bond acceptors (Lipinski definition) is 4. The lowest BCUT2D eigenvalue weighted by Gasteiger charge is -2.10. The molecule has 1 aromatic carbocycles. The maximum absolute atomic E-state index is 12.5. The zero-order valence-corrected chi connectivity index (χ0v) is 15.4. The van der Waals surface area contributed by atoms with Crippen molar-refractivity contribution in [3.05, 3.63) is 52.2 Å². The minimum absolute atomic E-state index is 0.129. The number of ketones is 1. The molecule has 0 atom stereocenters. The van der Waals surface area contributed by atoms with Crippen LogP contribution in [0.25, 0.3) is 5.53 Å². The molecule has 0 radical (unpaired) electrons. The average Bonchev–Trinajstić information content (AvgIpc) is 2.64. The standard InChI is InChI=1S/C18H18ClN3O4/c1-4-25-16-10-13(17(26-5-2)9-12(16)19)21-18(23)11-6-7-15(24-3)14(8-11)22-20/h6-10H,4-5H2,1-3H3. The van der Waals surface area contributed by atoms with E-state index in [9.17, 15) is 4.79 Å². The molecule has 1 aliphatic rings. The number of ether oxygens (including phenoxy) is 2. The van der Waals surface area contributed by atoms with Crippen LogP contribution >= 0.6 is 11.6 Å². The lowest BCUT2D eigenvalue weighted by molar-refractivity contribution is -0.449. The number of benzene rings is 1. The molecular formula is C18H18ClN3O4. The molecule has 0 unspecified atom stereocenters. The van der Waals surface area contributed by atoms with Gasteiger partial charge in [-0.25, -0.2) is 0 Å². The fourth-order valence-corrected chi connectivity index (χ4v) is 2.43. The summed E-state index contributed by atoms with van der Waals surface area (Å²) >= 11 is 6.16. The Bertz CT molecular complexity index is 841. The SMILES string of the molecule is CCOC1=CC(=NC(=O)c2ccc(OC)c(N=[N-])c2)C(=[O+]CC)C=C1Cl. The molecule has 0 fully saturated rings. The number of methoxy groups -OCH3 is 1. The summed E-state index contributed by atoms with van der Waals surface area (Å²) in [5.74, 6) is 0.576. The number of hydrogen-bond donors (Lipinski definition) is 0. The van der Waals surface area contributed by atoms with Gasteiger partial charge in [0.2, 0.25) is 0 Å². The Balaban J connectivity index is 2.43. The fourth-order valence-electron chi connectivity index (χ4n) is 2.22. The summed E-state index contributed by atoms with van der Waals surface area (Å²) in [4.78, 5) is 16.6. The van der Waals surface area contributed by atoms with E-state index in [2.05, 4.69) is 10.1 Å². The highest BCUT2D eigenvalue weighted by molar-refractivity contribution is 6.53. The first kappa shape index (κ1) is 19.5. The van der Waals surface area contributed by atoms with E-state index in [1.807, 2.05) is 13.8 Å². The van der Waals surface area contributed by atoms with Crippen molar-refractivity contribution >= 4 is 34.7 Å². The van der Waals surface area contributed by atoms with Crippen LogP contribution in [-0.2, 0) is 9.16 Å². The van der Waals surface area contributed by atoms with Gasteiger partial charge in [0.15, 0.2) is 5.71 Å². The Hall–Kier alpha value is -2.80. The second-order valence-corrected chi connectivity index (χ2v) is 5.43. The number of amides is 1. The number of halogens is 1. The number of aliphatic imine (C=N–C) groups is 1. The van der Waals surface area contributed by atoms with Crippen molar-refractivity contribution in [1.29, 1.82) is 0 Å². The number of carbonyl (C=O) groups is 1. The Morgan fingerprint density at radius 3 is 2.69 bits per heavy atom. The molecule has 1 aromatic rings. The number of carbonyl (C=O) groups excluding carboxylic acids is 2. The van der Waals surface area contributed by atoms with Gasteiger partial charge in [-0.3, -0.25) is 9.22 Å². The topological polar surface area (TPSA) is 93.8 Å². The van der Waals surface area contributed by atoms with Gasteiger partial charge in [0, 0.05) is 18.6 Å². The van der Waals surface area contributed by atoms with E-state index in [0.29, 0.717) is 41.2 Å². The highest BCUT2D eigenvalue weighted by atomic mass is 35.5. The summed E-state index contributed by atoms with van der Waals surface area (Å²) in [6.45, 7) is 4.44. The highest BCUT2D eigenvalue weighted by Gasteiger charge is 2.26. The van der Waals surface area contributed by atoms with Crippen molar-refractivity contribution < 1.29 is 18.7 Å². The van der Waals surface area contributed by atoms with Gasteiger partial charge in [-0.05, 0) is 25.1 Å². The van der Waals surface area contributed by atoms with Crippen LogP contribution in [0.3, 0.4) is 0 Å². The Labute approximate surface area is 156 Å². The Morgan fingerprint density at radius 2 is 2.08 bits per heavy atom. The van der Waals surface area contributed by atoms with Gasteiger partial charge in [-0.2, -0.15) is 4.99 Å². The predicted octanol–water partition coefficient (Wildman–Crippen LogP) is 4.11. The summed E-state index contributed by atoms with van der Waals surface area (Å²) in [5.41, 5.74) is 9.69. The van der Waals surface area contributed by atoms with Crippen LogP contribution in [0.15, 0.2) is 51.2 Å². The average molecular weight is 376 g/mol. The lowest BCUT2D eigenvalue weighted by Crippen LogP contribution is -2.20. The van der Waals surface area contributed by atoms with Gasteiger partial charge in [0.1, 0.15) is 11.5 Å². The molecule has 1 aliphatic carbocycles. The van der Waals surface area contributed by atoms with Crippen molar-refractivity contribution in [1.82, 2.24) is 0 Å². The van der Waals surface area contributed by atoms with Gasteiger partial charge in [-0.1, -0.05) is 11.6 Å². The molecule has 2 rings (SSSR count). The van der Waals surface area contributed by atoms with E-state index in [4.69, 9.17) is 31.0 Å². The third kappa shape index (κ3) is 4.43. The largest absolute Gasteiger partial charge is 0.706 e. The van der Waals surface area contributed by atoms with Crippen LogP contribution in [0.4, 0.5) is 5.69 Å². The maximum Gasteiger partial charge on any atom is 0.370 e. The normalized spacial score (nSPS) is 16.9. The van der Waals surface area contributed by atoms with Crippen molar-refractivity contribution in [3.8, 4) is 5.75 Å². The van der Waals surface area contributed by atoms with Crippen molar-refractivity contribution in [2.24, 2.45) is 10.1 Å². The molecule has 0 bridgehead atoms. The van der Waals surface area contributed by atoms with Crippen LogP contribution in [0.2, 0.25) is 0 Å². The van der Waals surface area contributed by atoms with E-state index in [0.717, 1.165) is 0 Å². The summed E-state index contributed by atoms with van der Waals surface area (Å²) in [6, 6.07) is 4.43. The summed E-state index contributed by atoms with van der Waals surface area (Å²) in [7, 11) is 1.44. The van der Waals surface area contributed by atoms with E-state index in [-0.39, 0.29) is 11.3 Å². The molecule has 0 aliphatic heterocycles. The monoisotopic (exact) mass is 375 g/mol. The van der Waals surface area contributed by atoms with Gasteiger partial charge in [0.25, 0.3) is 12.5 Å². The predicted molar refractivity (Wildman–Crippen MR) is 99.4 cm³/mol. The molecule has 0 heterocycles. The molecule has 0 saturated heterocycles. The summed E-state index contributed by atoms with van der Waals surface area (Å²) in [5, 5.41) is 3.48. The van der Waals surface area contributed by atoms with Gasteiger partial charge < -0.3 is 20.1 Å². The van der Waals surface area contributed by atoms with Crippen LogP contribution in [-0.4, -0.2) is 37.7 Å². The van der Waals surface area contributed by atoms with Crippen molar-refractivity contribution in [2.75, 3.05) is 20.3 Å². The summed E-state index contributed by atoms with van der Waals surface area (Å²) < 4.78 is 16.0. The van der Waals surface area contributed by atoms with E-state index in [1.54, 1.807) is 12.2 Å². The smallest absolute Gasteiger partial charge is 0.370 e. The minimum atomic E-state index is -0.539. The zero-order valence-electron chi connectivity index (χ0n) is 14.7. The van der Waals surface area contributed by atoms with E-state index < -0.39 is 5.91 Å². The molecule has 26 heavy (non-hydrogen) atoms. The summed E-state index contributed by atoms with van der Waals surface area (Å²) in [6.07, 6.45) is 3.11. The van der Waals surface area contributed by atoms with Crippen molar-refractivity contribution in [3.63, 3.8) is 0 Å². The minimum Gasteiger partial charge on any atom is -0.706 e. The zero-order chi connectivity index (χ0) is 19.1. The molecule has 0 saturated carbocycles. The number of allylic oxidation sites excluding steroid dienone is 3. The molecule has 0 N–H and O–H groups in total. The second kappa shape index (κ2) is 9.05. The third-order valence-corrected chi connectivity index (χ3v) is 3.66. The number of nitrogens with zero attached hydrogens (tertiary/aromatic N) is 3. The molecule has 136 valence electrons. The maximum atomic E-state index is 12.5. The first-order valence-corrected chi connectivity index (χ1v) is 8.30. The van der Waals surface area contributed by atoms with Crippen molar-refractivity contribution in [2.45, 2.75) is 13.8 Å². The molecule has 1 amide bonds. The van der Waals surface area contributed by atoms with Gasteiger partial charge in [0.05, 0.1) is 30.5 Å². The molecule has 7 nitrogen and oxygen atoms in total. The third-order valence-electron chi connectivity index (χ3n) is 3.37. The number of rotatable bonds is 6. The van der Waals surface area contributed by atoms with Crippen LogP contribution in [0, 0.1) is 0 Å². The van der Waals surface area contributed by atoms with Gasteiger partial charge >= 0.3 is 5.78 Å². The van der Waals surface area contributed by atoms with Crippen LogP contribution in [0.5, 0.6) is 5.75 Å². The second-order valence-electron chi connectivity index (χ2n) is 5.02. The first-order chi connectivity index (χ1) is 12.5. The molecule has 8 heteroatoms. The molecule has 0 spiro atoms. The quantitative estimate of drug-likeness (QED) is 0.425. The highest BCUT2D eigenvalue weighted by Crippen LogP contribution is 2.28. The lowest BCUT2D eigenvalue weighted by atomic mass is 10.1. The van der Waals surface area contributed by atoms with Crippen LogP contribution in [0.1, 0.15) is 24.2 Å². The van der Waals surface area contributed by atoms with Gasteiger partial charge in [-0.15, -0.1) is 0 Å². The molecule has 0 aromatic heterocycles.